The number of rotatable bonds is 5. The van der Waals surface area contributed by atoms with Crippen LogP contribution >= 0.6 is 12.2 Å². The summed E-state index contributed by atoms with van der Waals surface area (Å²) in [4.78, 5) is 0. The molecule has 144 valence electrons. The maximum absolute atomic E-state index is 5.43. The van der Waals surface area contributed by atoms with Crippen molar-refractivity contribution in [3.63, 3.8) is 0 Å². The summed E-state index contributed by atoms with van der Waals surface area (Å²) >= 11 is 5.43. The minimum absolute atomic E-state index is 0.549. The van der Waals surface area contributed by atoms with Crippen LogP contribution in [-0.2, 0) is 13.1 Å². The van der Waals surface area contributed by atoms with Gasteiger partial charge in [0.25, 0.3) is 0 Å². The normalized spacial score (nSPS) is 11.3. The first-order valence-corrected chi connectivity index (χ1v) is 10.1. The third kappa shape index (κ3) is 3.02. The quantitative estimate of drug-likeness (QED) is 0.385. The maximum Gasteiger partial charge on any atom is 0.214 e. The summed E-state index contributed by atoms with van der Waals surface area (Å²) in [5.41, 5.74) is 8.17. The van der Waals surface area contributed by atoms with Crippen LogP contribution in [-0.4, -0.2) is 19.4 Å². The first-order chi connectivity index (χ1) is 14.3. The lowest BCUT2D eigenvalue weighted by molar-refractivity contribution is 0.824. The van der Waals surface area contributed by atoms with Crippen molar-refractivity contribution in [1.29, 1.82) is 0 Å². The van der Waals surface area contributed by atoms with Crippen LogP contribution in [0.2, 0.25) is 0 Å². The lowest BCUT2D eigenvalue weighted by Gasteiger charge is -2.11. The van der Waals surface area contributed by atoms with E-state index in [1.807, 2.05) is 35.0 Å². The van der Waals surface area contributed by atoms with Gasteiger partial charge in [-0.2, -0.15) is 5.10 Å². The average molecular weight is 400 g/mol. The SMILES string of the molecule is CCn1c2ccccc2c2cc(CNn3c(-c4ccccc4)n[nH]c3=S)ccc21. The molecule has 0 aliphatic carbocycles. The number of fused-ring (bicyclic) bond motifs is 3. The van der Waals surface area contributed by atoms with Crippen LogP contribution in [0.5, 0.6) is 0 Å². The van der Waals surface area contributed by atoms with Crippen molar-refractivity contribution in [2.24, 2.45) is 0 Å². The van der Waals surface area contributed by atoms with E-state index in [1.165, 1.54) is 27.4 Å². The Morgan fingerprint density at radius 1 is 0.931 bits per heavy atom. The molecule has 0 atom stereocenters. The number of benzene rings is 3. The second-order valence-corrected chi connectivity index (χ2v) is 7.39. The van der Waals surface area contributed by atoms with Crippen molar-refractivity contribution < 1.29 is 0 Å². The Hall–Kier alpha value is -3.38. The largest absolute Gasteiger partial charge is 0.341 e. The first kappa shape index (κ1) is 17.7. The Balaban J connectivity index is 1.50. The van der Waals surface area contributed by atoms with Gasteiger partial charge in [0.1, 0.15) is 0 Å². The van der Waals surface area contributed by atoms with Crippen LogP contribution in [0.15, 0.2) is 72.8 Å². The molecule has 0 fully saturated rings. The van der Waals surface area contributed by atoms with E-state index < -0.39 is 0 Å². The van der Waals surface area contributed by atoms with E-state index in [4.69, 9.17) is 12.2 Å². The standard InChI is InChI=1S/C23H21N5S/c1-2-27-20-11-7-6-10-18(20)19-14-16(12-13-21(19)27)15-24-28-22(25-26-23(28)29)17-8-4-3-5-9-17/h3-14,24H,2,15H2,1H3,(H,26,29). The van der Waals surface area contributed by atoms with Crippen LogP contribution in [0.4, 0.5) is 0 Å². The Morgan fingerprint density at radius 3 is 2.52 bits per heavy atom. The van der Waals surface area contributed by atoms with Gasteiger partial charge in [0.2, 0.25) is 4.77 Å². The number of hydrogen-bond acceptors (Lipinski definition) is 3. The van der Waals surface area contributed by atoms with Gasteiger partial charge < -0.3 is 9.99 Å². The van der Waals surface area contributed by atoms with E-state index in [0.717, 1.165) is 17.9 Å². The number of aromatic nitrogens is 4. The third-order valence-corrected chi connectivity index (χ3v) is 5.57. The van der Waals surface area contributed by atoms with Gasteiger partial charge in [-0.05, 0) is 42.9 Å². The molecule has 29 heavy (non-hydrogen) atoms. The van der Waals surface area contributed by atoms with E-state index in [-0.39, 0.29) is 0 Å². The zero-order chi connectivity index (χ0) is 19.8. The predicted molar refractivity (Wildman–Crippen MR) is 121 cm³/mol. The van der Waals surface area contributed by atoms with E-state index in [2.05, 4.69) is 69.6 Å². The highest BCUT2D eigenvalue weighted by Gasteiger charge is 2.11. The molecule has 0 spiro atoms. The van der Waals surface area contributed by atoms with E-state index in [9.17, 15) is 0 Å². The molecule has 6 heteroatoms. The molecular formula is C23H21N5S. The van der Waals surface area contributed by atoms with Crippen LogP contribution in [0.1, 0.15) is 12.5 Å². The Morgan fingerprint density at radius 2 is 1.69 bits per heavy atom. The molecule has 0 saturated heterocycles. The van der Waals surface area contributed by atoms with Gasteiger partial charge in [-0.3, -0.25) is 0 Å². The van der Waals surface area contributed by atoms with Gasteiger partial charge in [-0.1, -0.05) is 54.6 Å². The number of para-hydroxylation sites is 1. The van der Waals surface area contributed by atoms with Crippen molar-refractivity contribution in [2.45, 2.75) is 20.0 Å². The number of hydrogen-bond donors (Lipinski definition) is 2. The summed E-state index contributed by atoms with van der Waals surface area (Å²) in [6.07, 6.45) is 0. The molecule has 0 aliphatic rings. The smallest absolute Gasteiger partial charge is 0.214 e. The van der Waals surface area contributed by atoms with Crippen molar-refractivity contribution in [3.05, 3.63) is 83.1 Å². The van der Waals surface area contributed by atoms with Crippen molar-refractivity contribution in [1.82, 2.24) is 19.4 Å². The maximum atomic E-state index is 5.43. The average Bonchev–Trinajstić information content (AvgIpc) is 3.30. The molecule has 0 amide bonds. The predicted octanol–water partition coefficient (Wildman–Crippen LogP) is 5.48. The van der Waals surface area contributed by atoms with Gasteiger partial charge in [-0.25, -0.2) is 9.77 Å². The highest BCUT2D eigenvalue weighted by Crippen LogP contribution is 2.29. The number of nitrogens with zero attached hydrogens (tertiary/aromatic N) is 3. The van der Waals surface area contributed by atoms with E-state index in [0.29, 0.717) is 11.3 Å². The molecule has 3 aromatic carbocycles. The molecule has 5 rings (SSSR count). The summed E-state index contributed by atoms with van der Waals surface area (Å²) < 4.78 is 4.75. The molecule has 2 aromatic heterocycles. The van der Waals surface area contributed by atoms with E-state index in [1.54, 1.807) is 0 Å². The van der Waals surface area contributed by atoms with Crippen molar-refractivity contribution in [3.8, 4) is 11.4 Å². The number of aryl methyl sites for hydroxylation is 1. The molecule has 0 aliphatic heterocycles. The van der Waals surface area contributed by atoms with Crippen LogP contribution in [0.25, 0.3) is 33.2 Å². The van der Waals surface area contributed by atoms with Gasteiger partial charge in [0.15, 0.2) is 5.82 Å². The Labute approximate surface area is 173 Å². The molecule has 2 heterocycles. The molecule has 0 saturated carbocycles. The summed E-state index contributed by atoms with van der Waals surface area (Å²) in [6.45, 7) is 3.79. The van der Waals surface area contributed by atoms with Crippen LogP contribution in [0, 0.1) is 4.77 Å². The number of aromatic amines is 1. The number of H-pyrrole nitrogens is 1. The van der Waals surface area contributed by atoms with Gasteiger partial charge in [-0.15, -0.1) is 0 Å². The van der Waals surface area contributed by atoms with Gasteiger partial charge in [0.05, 0.1) is 6.54 Å². The molecule has 5 nitrogen and oxygen atoms in total. The summed E-state index contributed by atoms with van der Waals surface area (Å²) in [5, 5.41) is 9.84. The second kappa shape index (κ2) is 7.22. The van der Waals surface area contributed by atoms with Crippen molar-refractivity contribution >= 4 is 34.0 Å². The lowest BCUT2D eigenvalue weighted by Crippen LogP contribution is -2.15. The lowest BCUT2D eigenvalue weighted by atomic mass is 10.1. The number of nitrogens with one attached hydrogen (secondary N) is 2. The van der Waals surface area contributed by atoms with Gasteiger partial charge >= 0.3 is 0 Å². The third-order valence-electron chi connectivity index (χ3n) is 5.30. The van der Waals surface area contributed by atoms with Gasteiger partial charge in [0, 0.05) is 33.9 Å². The molecule has 0 radical (unpaired) electrons. The summed E-state index contributed by atoms with van der Waals surface area (Å²) in [7, 11) is 0. The minimum Gasteiger partial charge on any atom is -0.341 e. The topological polar surface area (TPSA) is 50.6 Å². The molecule has 2 N–H and O–H groups in total. The second-order valence-electron chi connectivity index (χ2n) is 7.00. The highest BCUT2D eigenvalue weighted by molar-refractivity contribution is 7.71. The van der Waals surface area contributed by atoms with Crippen LogP contribution in [0.3, 0.4) is 0 Å². The Bertz CT molecular complexity index is 1360. The molecule has 5 aromatic rings. The Kier molecular flexibility index (Phi) is 4.41. The molecular weight excluding hydrogens is 378 g/mol. The fourth-order valence-electron chi connectivity index (χ4n) is 3.95. The van der Waals surface area contributed by atoms with E-state index >= 15 is 0 Å². The highest BCUT2D eigenvalue weighted by atomic mass is 32.1. The zero-order valence-corrected chi connectivity index (χ0v) is 16.9. The summed E-state index contributed by atoms with van der Waals surface area (Å²) in [5.74, 6) is 0.777. The summed E-state index contributed by atoms with van der Waals surface area (Å²) in [6, 6.07) is 25.3. The van der Waals surface area contributed by atoms with Crippen LogP contribution < -0.4 is 5.43 Å². The van der Waals surface area contributed by atoms with Crippen molar-refractivity contribution in [2.75, 3.05) is 5.43 Å². The monoisotopic (exact) mass is 399 g/mol. The first-order valence-electron chi connectivity index (χ1n) is 9.73. The fraction of sp³-hybridized carbons (Fsp3) is 0.130. The zero-order valence-electron chi connectivity index (χ0n) is 16.1. The fourth-order valence-corrected chi connectivity index (χ4v) is 4.14. The minimum atomic E-state index is 0.549. The molecule has 0 unspecified atom stereocenters. The molecule has 0 bridgehead atoms.